The van der Waals surface area contributed by atoms with Crippen LogP contribution in [0, 0.1) is 0 Å². The van der Waals surface area contributed by atoms with Crippen LogP contribution in [0.4, 0.5) is 0 Å². The third-order valence-corrected chi connectivity index (χ3v) is 9.20. The molecule has 1 atom stereocenters. The molecule has 3 rings (SSSR count). The molecule has 0 saturated carbocycles. The van der Waals surface area contributed by atoms with E-state index in [1.807, 2.05) is 6.92 Å². The van der Waals surface area contributed by atoms with E-state index in [2.05, 4.69) is 4.90 Å². The lowest BCUT2D eigenvalue weighted by atomic mass is 10.0. The van der Waals surface area contributed by atoms with Gasteiger partial charge in [0.25, 0.3) is 5.91 Å². The average molecular weight is 443 g/mol. The number of carbonyl (C=O) groups excluding carboxylic acids is 1. The Hall–Kier alpha value is -1.45. The molecule has 2 aliphatic rings. The first-order chi connectivity index (χ1) is 13.6. The predicted molar refractivity (Wildman–Crippen MR) is 113 cm³/mol. The Morgan fingerprint density at radius 3 is 2.48 bits per heavy atom. The summed E-state index contributed by atoms with van der Waals surface area (Å²) in [6.45, 7) is 5.92. The largest absolute Gasteiger partial charge is 0.337 e. The highest BCUT2D eigenvalue weighted by Crippen LogP contribution is 2.40. The fourth-order valence-corrected chi connectivity index (χ4v) is 8.15. The van der Waals surface area contributed by atoms with Crippen LogP contribution in [0.1, 0.15) is 53.8 Å². The first-order valence-electron chi connectivity index (χ1n) is 10.2. The van der Waals surface area contributed by atoms with Crippen molar-refractivity contribution in [1.29, 1.82) is 0 Å². The number of amides is 1. The minimum absolute atomic E-state index is 0.0220. The first kappa shape index (κ1) is 22.2. The van der Waals surface area contributed by atoms with E-state index >= 15 is 0 Å². The smallest absolute Gasteiger partial charge is 0.254 e. The van der Waals surface area contributed by atoms with Gasteiger partial charge in [-0.05, 0) is 44.5 Å². The molecule has 1 aromatic rings. The lowest BCUT2D eigenvalue weighted by Crippen LogP contribution is -2.41. The minimum Gasteiger partial charge on any atom is -0.337 e. The Kier molecular flexibility index (Phi) is 6.70. The van der Waals surface area contributed by atoms with Gasteiger partial charge in [-0.3, -0.25) is 4.79 Å². The van der Waals surface area contributed by atoms with Crippen LogP contribution < -0.4 is 0 Å². The summed E-state index contributed by atoms with van der Waals surface area (Å²) in [5.74, 6) is -0.779. The zero-order valence-corrected chi connectivity index (χ0v) is 18.8. The summed E-state index contributed by atoms with van der Waals surface area (Å²) in [6.07, 6.45) is 5.38. The molecule has 1 saturated heterocycles. The molecular formula is C20H30N2O5S2. The van der Waals surface area contributed by atoms with Crippen LogP contribution in [-0.4, -0.2) is 77.3 Å². The number of nitrogens with zero attached hydrogens (tertiary/aromatic N) is 2. The van der Waals surface area contributed by atoms with E-state index in [0.29, 0.717) is 13.1 Å². The lowest BCUT2D eigenvalue weighted by molar-refractivity contribution is 0.0728. The number of likely N-dealkylation sites (tertiary alicyclic amines) is 1. The molecule has 0 bridgehead atoms. The molecule has 7 nitrogen and oxygen atoms in total. The highest BCUT2D eigenvalue weighted by atomic mass is 32.2. The second-order valence-electron chi connectivity index (χ2n) is 8.01. The van der Waals surface area contributed by atoms with E-state index < -0.39 is 30.7 Å². The predicted octanol–water partition coefficient (Wildman–Crippen LogP) is 1.90. The molecular weight excluding hydrogens is 412 g/mol. The Labute approximate surface area is 173 Å². The summed E-state index contributed by atoms with van der Waals surface area (Å²) < 4.78 is 49.6. The number of carbonyl (C=O) groups is 1. The molecule has 1 fully saturated rings. The number of piperidine rings is 1. The third-order valence-electron chi connectivity index (χ3n) is 5.76. The molecule has 0 radical (unpaired) electrons. The molecule has 0 aromatic heterocycles. The van der Waals surface area contributed by atoms with Crippen molar-refractivity contribution in [2.75, 3.05) is 44.7 Å². The van der Waals surface area contributed by atoms with Gasteiger partial charge in [0.2, 0.25) is 0 Å². The van der Waals surface area contributed by atoms with Crippen molar-refractivity contribution in [2.24, 2.45) is 0 Å². The van der Waals surface area contributed by atoms with Crippen LogP contribution in [0.3, 0.4) is 0 Å². The topological polar surface area (TPSA) is 91.8 Å². The van der Waals surface area contributed by atoms with Crippen LogP contribution >= 0.6 is 0 Å². The van der Waals surface area contributed by atoms with Gasteiger partial charge in [-0.1, -0.05) is 19.4 Å². The van der Waals surface area contributed by atoms with Crippen molar-refractivity contribution in [3.05, 3.63) is 29.3 Å². The SMILES string of the molecule is CCCN(CCN1CCCCC1)C(=O)c1cccc2c1C(S(C)(=O)=O)CS2(=O)=O. The van der Waals surface area contributed by atoms with Crippen molar-refractivity contribution in [2.45, 2.75) is 42.8 Å². The molecule has 2 aliphatic heterocycles. The summed E-state index contributed by atoms with van der Waals surface area (Å²) in [5.41, 5.74) is 0.352. The third kappa shape index (κ3) is 4.83. The number of benzene rings is 1. The molecule has 162 valence electrons. The van der Waals surface area contributed by atoms with Gasteiger partial charge < -0.3 is 9.80 Å². The van der Waals surface area contributed by atoms with Gasteiger partial charge in [-0.2, -0.15) is 0 Å². The van der Waals surface area contributed by atoms with E-state index in [-0.39, 0.29) is 21.9 Å². The van der Waals surface area contributed by atoms with E-state index in [4.69, 9.17) is 0 Å². The number of rotatable bonds is 7. The van der Waals surface area contributed by atoms with E-state index in [1.165, 1.54) is 31.4 Å². The second kappa shape index (κ2) is 8.73. The quantitative estimate of drug-likeness (QED) is 0.640. The number of sulfone groups is 2. The molecule has 1 unspecified atom stereocenters. The Balaban J connectivity index is 1.92. The van der Waals surface area contributed by atoms with E-state index in [0.717, 1.165) is 32.3 Å². The summed E-state index contributed by atoms with van der Waals surface area (Å²) in [7, 11) is -7.39. The normalized spacial score (nSPS) is 21.7. The second-order valence-corrected chi connectivity index (χ2v) is 12.2. The first-order valence-corrected chi connectivity index (χ1v) is 13.8. The van der Waals surface area contributed by atoms with Crippen molar-refractivity contribution < 1.29 is 21.6 Å². The molecule has 1 amide bonds. The van der Waals surface area contributed by atoms with Crippen molar-refractivity contribution in [1.82, 2.24) is 9.80 Å². The molecule has 2 heterocycles. The number of hydrogen-bond acceptors (Lipinski definition) is 6. The molecule has 1 aromatic carbocycles. The Bertz CT molecular complexity index is 967. The van der Waals surface area contributed by atoms with Crippen molar-refractivity contribution in [3.8, 4) is 0 Å². The van der Waals surface area contributed by atoms with Gasteiger partial charge in [0.05, 0.1) is 10.6 Å². The van der Waals surface area contributed by atoms with Gasteiger partial charge in [-0.15, -0.1) is 0 Å². The Morgan fingerprint density at radius 1 is 1.17 bits per heavy atom. The zero-order valence-electron chi connectivity index (χ0n) is 17.1. The van der Waals surface area contributed by atoms with Gasteiger partial charge in [-0.25, -0.2) is 16.8 Å². The van der Waals surface area contributed by atoms with Crippen LogP contribution in [0.25, 0.3) is 0 Å². The van der Waals surface area contributed by atoms with Gasteiger partial charge in [0.1, 0.15) is 5.25 Å². The summed E-state index contributed by atoms with van der Waals surface area (Å²) in [5, 5.41) is -1.19. The van der Waals surface area contributed by atoms with Crippen LogP contribution in [-0.2, 0) is 19.7 Å². The van der Waals surface area contributed by atoms with Crippen molar-refractivity contribution in [3.63, 3.8) is 0 Å². The minimum atomic E-state index is -3.72. The fourth-order valence-electron chi connectivity index (χ4n) is 4.24. The summed E-state index contributed by atoms with van der Waals surface area (Å²) in [6, 6.07) is 4.50. The fraction of sp³-hybridized carbons (Fsp3) is 0.650. The van der Waals surface area contributed by atoms with Crippen LogP contribution in [0.5, 0.6) is 0 Å². The van der Waals surface area contributed by atoms with Crippen molar-refractivity contribution >= 4 is 25.6 Å². The van der Waals surface area contributed by atoms with Crippen LogP contribution in [0.2, 0.25) is 0 Å². The maximum absolute atomic E-state index is 13.4. The number of fused-ring (bicyclic) bond motifs is 1. The maximum atomic E-state index is 13.4. The highest BCUT2D eigenvalue weighted by Gasteiger charge is 2.43. The monoisotopic (exact) mass is 442 g/mol. The highest BCUT2D eigenvalue weighted by molar-refractivity contribution is 7.95. The number of hydrogen-bond donors (Lipinski definition) is 0. The molecule has 0 N–H and O–H groups in total. The van der Waals surface area contributed by atoms with Gasteiger partial charge >= 0.3 is 0 Å². The van der Waals surface area contributed by atoms with Gasteiger partial charge in [0, 0.05) is 37.0 Å². The van der Waals surface area contributed by atoms with Gasteiger partial charge in [0.15, 0.2) is 19.7 Å². The molecule has 0 spiro atoms. The molecule has 0 aliphatic carbocycles. The standard InChI is InChI=1S/C20H30N2O5S2/c1-3-10-22(14-13-21-11-5-4-6-12-21)20(23)16-8-7-9-17-19(16)18(28(2,24)25)15-29(17,26)27/h7-9,18H,3-6,10-15H2,1-2H3. The molecule has 9 heteroatoms. The summed E-state index contributed by atoms with van der Waals surface area (Å²) in [4.78, 5) is 17.4. The Morgan fingerprint density at radius 2 is 1.86 bits per heavy atom. The van der Waals surface area contributed by atoms with E-state index in [9.17, 15) is 21.6 Å². The summed E-state index contributed by atoms with van der Waals surface area (Å²) >= 11 is 0. The lowest BCUT2D eigenvalue weighted by Gasteiger charge is -2.30. The molecule has 29 heavy (non-hydrogen) atoms. The van der Waals surface area contributed by atoms with E-state index in [1.54, 1.807) is 11.0 Å². The van der Waals surface area contributed by atoms with Crippen LogP contribution in [0.15, 0.2) is 23.1 Å². The zero-order chi connectivity index (χ0) is 21.2. The average Bonchev–Trinajstić information content (AvgIpc) is 2.97. The maximum Gasteiger partial charge on any atom is 0.254 e.